The molecule has 0 aromatic rings. The van der Waals surface area contributed by atoms with E-state index in [1.54, 1.807) is 13.3 Å². The van der Waals surface area contributed by atoms with Gasteiger partial charge in [-0.2, -0.15) is 0 Å². The summed E-state index contributed by atoms with van der Waals surface area (Å²) in [4.78, 5) is 4.51. The minimum atomic E-state index is 0.985. The Kier molecular flexibility index (Phi) is 8.23. The number of rotatable bonds is 5. The van der Waals surface area contributed by atoms with Crippen LogP contribution in [0.3, 0.4) is 0 Å². The summed E-state index contributed by atoms with van der Waals surface area (Å²) < 4.78 is 0. The second-order valence-electron chi connectivity index (χ2n) is 2.14. The van der Waals surface area contributed by atoms with E-state index in [2.05, 4.69) is 21.8 Å². The molecule has 0 saturated heterocycles. The van der Waals surface area contributed by atoms with Crippen molar-refractivity contribution in [1.29, 1.82) is 0 Å². The van der Waals surface area contributed by atoms with E-state index in [-0.39, 0.29) is 0 Å². The normalized spacial score (nSPS) is 9.27. The SMILES string of the molecule is CC#CCCCC/C=N\OC. The zero-order valence-electron chi connectivity index (χ0n) is 7.26. The van der Waals surface area contributed by atoms with Crippen LogP contribution in [-0.4, -0.2) is 13.3 Å². The van der Waals surface area contributed by atoms with Crippen molar-refractivity contribution in [3.05, 3.63) is 0 Å². The third-order valence-corrected chi connectivity index (χ3v) is 1.24. The van der Waals surface area contributed by atoms with Gasteiger partial charge in [0.15, 0.2) is 0 Å². The Balaban J connectivity index is 3.00. The lowest BCUT2D eigenvalue weighted by atomic mass is 10.2. The van der Waals surface area contributed by atoms with Crippen molar-refractivity contribution in [3.63, 3.8) is 0 Å². The van der Waals surface area contributed by atoms with E-state index < -0.39 is 0 Å². The molecule has 0 heterocycles. The summed E-state index contributed by atoms with van der Waals surface area (Å²) in [5, 5.41) is 3.63. The van der Waals surface area contributed by atoms with Gasteiger partial charge in [0.1, 0.15) is 7.11 Å². The fourth-order valence-corrected chi connectivity index (χ4v) is 0.701. The first-order valence-electron chi connectivity index (χ1n) is 3.86. The van der Waals surface area contributed by atoms with Crippen molar-refractivity contribution in [1.82, 2.24) is 0 Å². The molecule has 0 spiro atoms. The molecule has 0 aliphatic heterocycles. The Morgan fingerprint density at radius 1 is 1.45 bits per heavy atom. The largest absolute Gasteiger partial charge is 0.399 e. The molecule has 0 N–H and O–H groups in total. The molecule has 0 aliphatic carbocycles. The maximum absolute atomic E-state index is 4.51. The van der Waals surface area contributed by atoms with Crippen molar-refractivity contribution in [3.8, 4) is 11.8 Å². The van der Waals surface area contributed by atoms with Gasteiger partial charge in [0, 0.05) is 12.6 Å². The van der Waals surface area contributed by atoms with E-state index in [0.717, 1.165) is 25.7 Å². The predicted octanol–water partition coefficient (Wildman–Crippen LogP) is 2.20. The highest BCUT2D eigenvalue weighted by Gasteiger charge is 1.82. The van der Waals surface area contributed by atoms with E-state index in [1.165, 1.54) is 0 Å². The molecule has 2 nitrogen and oxygen atoms in total. The fraction of sp³-hybridized carbons (Fsp3) is 0.667. The zero-order chi connectivity index (χ0) is 8.36. The summed E-state index contributed by atoms with van der Waals surface area (Å²) in [5.41, 5.74) is 0. The highest BCUT2D eigenvalue weighted by Crippen LogP contribution is 1.96. The third kappa shape index (κ3) is 9.03. The molecule has 0 unspecified atom stereocenters. The average Bonchev–Trinajstić information content (AvgIpc) is 2.03. The summed E-state index contributed by atoms with van der Waals surface area (Å²) in [6, 6.07) is 0. The number of oxime groups is 1. The molecule has 0 rings (SSSR count). The van der Waals surface area contributed by atoms with Gasteiger partial charge in [-0.05, 0) is 26.2 Å². The molecule has 0 amide bonds. The first-order valence-corrected chi connectivity index (χ1v) is 3.86. The fourth-order valence-electron chi connectivity index (χ4n) is 0.701. The van der Waals surface area contributed by atoms with E-state index in [0.29, 0.717) is 0 Å². The van der Waals surface area contributed by atoms with Crippen molar-refractivity contribution in [2.24, 2.45) is 5.16 Å². The molecular formula is C9H15NO. The van der Waals surface area contributed by atoms with Crippen LogP contribution in [0, 0.1) is 11.8 Å². The Morgan fingerprint density at radius 3 is 2.91 bits per heavy atom. The van der Waals surface area contributed by atoms with Crippen LogP contribution in [0.5, 0.6) is 0 Å². The van der Waals surface area contributed by atoms with Crippen molar-refractivity contribution in [2.75, 3.05) is 7.11 Å². The Labute approximate surface area is 68.6 Å². The zero-order valence-corrected chi connectivity index (χ0v) is 7.26. The highest BCUT2D eigenvalue weighted by atomic mass is 16.6. The van der Waals surface area contributed by atoms with Crippen LogP contribution in [0.25, 0.3) is 0 Å². The Bertz CT molecular complexity index is 153. The van der Waals surface area contributed by atoms with E-state index in [1.807, 2.05) is 6.92 Å². The molecule has 0 saturated carbocycles. The predicted molar refractivity (Wildman–Crippen MR) is 47.4 cm³/mol. The monoisotopic (exact) mass is 153 g/mol. The van der Waals surface area contributed by atoms with Gasteiger partial charge in [0.2, 0.25) is 0 Å². The van der Waals surface area contributed by atoms with Gasteiger partial charge in [-0.3, -0.25) is 0 Å². The molecule has 0 aliphatic rings. The molecule has 0 bridgehead atoms. The minimum absolute atomic E-state index is 0.985. The summed E-state index contributed by atoms with van der Waals surface area (Å²) in [5.74, 6) is 5.87. The lowest BCUT2D eigenvalue weighted by molar-refractivity contribution is 0.214. The molecule has 2 heteroatoms. The van der Waals surface area contributed by atoms with Crippen LogP contribution in [0.4, 0.5) is 0 Å². The molecule has 11 heavy (non-hydrogen) atoms. The van der Waals surface area contributed by atoms with Crippen LogP contribution in [-0.2, 0) is 4.84 Å². The second kappa shape index (κ2) is 9.03. The summed E-state index contributed by atoms with van der Waals surface area (Å²) in [6.45, 7) is 1.87. The van der Waals surface area contributed by atoms with Crippen LogP contribution in [0.1, 0.15) is 32.6 Å². The van der Waals surface area contributed by atoms with Crippen LogP contribution >= 0.6 is 0 Å². The number of hydrogen-bond donors (Lipinski definition) is 0. The molecule has 0 fully saturated rings. The lowest BCUT2D eigenvalue weighted by Gasteiger charge is -1.89. The summed E-state index contributed by atoms with van der Waals surface area (Å²) >= 11 is 0. The molecule has 0 aromatic carbocycles. The van der Waals surface area contributed by atoms with Crippen LogP contribution in [0.2, 0.25) is 0 Å². The van der Waals surface area contributed by atoms with Crippen molar-refractivity contribution >= 4 is 6.21 Å². The van der Waals surface area contributed by atoms with Crippen LogP contribution < -0.4 is 0 Å². The van der Waals surface area contributed by atoms with Crippen LogP contribution in [0.15, 0.2) is 5.16 Å². The third-order valence-electron chi connectivity index (χ3n) is 1.24. The molecule has 0 atom stereocenters. The minimum Gasteiger partial charge on any atom is -0.399 e. The first-order chi connectivity index (χ1) is 5.41. The lowest BCUT2D eigenvalue weighted by Crippen LogP contribution is -1.78. The van der Waals surface area contributed by atoms with Gasteiger partial charge in [0.25, 0.3) is 0 Å². The maximum Gasteiger partial charge on any atom is 0.106 e. The Morgan fingerprint density at radius 2 is 2.27 bits per heavy atom. The average molecular weight is 153 g/mol. The van der Waals surface area contributed by atoms with Gasteiger partial charge in [-0.15, -0.1) is 11.8 Å². The molecule has 0 radical (unpaired) electrons. The summed E-state index contributed by atoms with van der Waals surface area (Å²) in [7, 11) is 1.55. The smallest absolute Gasteiger partial charge is 0.106 e. The van der Waals surface area contributed by atoms with Crippen molar-refractivity contribution in [2.45, 2.75) is 32.6 Å². The van der Waals surface area contributed by atoms with Crippen molar-refractivity contribution < 1.29 is 4.84 Å². The number of unbranched alkanes of at least 4 members (excludes halogenated alkanes) is 3. The number of hydrogen-bond acceptors (Lipinski definition) is 2. The Hall–Kier alpha value is -0.970. The van der Waals surface area contributed by atoms with E-state index in [9.17, 15) is 0 Å². The standard InChI is InChI=1S/C9H15NO/c1-3-4-5-6-7-8-9-10-11-2/h9H,5-8H2,1-2H3/b10-9-. The van der Waals surface area contributed by atoms with Gasteiger partial charge in [-0.1, -0.05) is 5.16 Å². The second-order valence-corrected chi connectivity index (χ2v) is 2.14. The van der Waals surface area contributed by atoms with Gasteiger partial charge < -0.3 is 4.84 Å². The first kappa shape index (κ1) is 10.0. The quantitative estimate of drug-likeness (QED) is 0.257. The number of nitrogens with zero attached hydrogens (tertiary/aromatic N) is 1. The molecule has 0 aromatic heterocycles. The van der Waals surface area contributed by atoms with Gasteiger partial charge >= 0.3 is 0 Å². The molecular weight excluding hydrogens is 138 g/mol. The van der Waals surface area contributed by atoms with E-state index in [4.69, 9.17) is 0 Å². The topological polar surface area (TPSA) is 21.6 Å². The van der Waals surface area contributed by atoms with E-state index >= 15 is 0 Å². The van der Waals surface area contributed by atoms with Gasteiger partial charge in [0.05, 0.1) is 0 Å². The molecule has 62 valence electrons. The highest BCUT2D eigenvalue weighted by molar-refractivity contribution is 5.56. The summed E-state index contributed by atoms with van der Waals surface area (Å²) in [6.07, 6.45) is 6.06. The maximum atomic E-state index is 4.51. The van der Waals surface area contributed by atoms with Gasteiger partial charge in [-0.25, -0.2) is 0 Å².